The molecule has 2 aliphatic rings. The van der Waals surface area contributed by atoms with Crippen LogP contribution in [0.4, 0.5) is 0 Å². The maximum atomic E-state index is 12.8. The van der Waals surface area contributed by atoms with Gasteiger partial charge in [-0.25, -0.2) is 0 Å². The van der Waals surface area contributed by atoms with Gasteiger partial charge in [-0.3, -0.25) is 9.69 Å². The van der Waals surface area contributed by atoms with Gasteiger partial charge in [0.25, 0.3) is 0 Å². The molecule has 0 spiro atoms. The zero-order chi connectivity index (χ0) is 15.7. The average Bonchev–Trinajstić information content (AvgIpc) is 2.53. The number of morpholine rings is 1. The van der Waals surface area contributed by atoms with E-state index in [0.29, 0.717) is 42.2 Å². The number of likely N-dealkylation sites (N-methyl/N-ethyl adjacent to an activating group) is 1. The first-order valence-electron chi connectivity index (χ1n) is 7.56. The normalized spacial score (nSPS) is 28.0. The fourth-order valence-corrected chi connectivity index (χ4v) is 3.49. The number of benzene rings is 1. The minimum absolute atomic E-state index is 0.00929. The molecule has 5 heteroatoms. The molecule has 2 unspecified atom stereocenters. The first-order chi connectivity index (χ1) is 10.6. The lowest BCUT2D eigenvalue weighted by Crippen LogP contribution is -2.55. The number of hydrogen-bond donors (Lipinski definition) is 0. The number of ketones is 1. The molecule has 0 N–H and O–H groups in total. The summed E-state index contributed by atoms with van der Waals surface area (Å²) in [7, 11) is 3.63. The summed E-state index contributed by atoms with van der Waals surface area (Å²) in [6.45, 7) is 1.39. The van der Waals surface area contributed by atoms with Crippen LogP contribution in [0.3, 0.4) is 0 Å². The Kier molecular flexibility index (Phi) is 4.14. The Bertz CT molecular complexity index is 609. The highest BCUT2D eigenvalue weighted by Gasteiger charge is 2.39. The molecule has 1 aromatic carbocycles. The molecule has 0 saturated carbocycles. The van der Waals surface area contributed by atoms with Crippen LogP contribution in [-0.2, 0) is 4.74 Å². The zero-order valence-electron chi connectivity index (χ0n) is 12.9. The first kappa shape index (κ1) is 15.0. The van der Waals surface area contributed by atoms with E-state index in [4.69, 9.17) is 14.7 Å². The van der Waals surface area contributed by atoms with Gasteiger partial charge in [0.2, 0.25) is 0 Å². The molecule has 0 radical (unpaired) electrons. The number of methoxy groups -OCH3 is 1. The van der Waals surface area contributed by atoms with Gasteiger partial charge in [0.1, 0.15) is 11.8 Å². The van der Waals surface area contributed by atoms with Gasteiger partial charge in [-0.15, -0.1) is 0 Å². The van der Waals surface area contributed by atoms with Crippen LogP contribution < -0.4 is 4.74 Å². The summed E-state index contributed by atoms with van der Waals surface area (Å²) in [4.78, 5) is 15.1. The van der Waals surface area contributed by atoms with Gasteiger partial charge in [-0.05, 0) is 38.1 Å². The molecular weight excluding hydrogens is 280 g/mol. The van der Waals surface area contributed by atoms with Crippen molar-refractivity contribution in [3.05, 3.63) is 29.3 Å². The predicted molar refractivity (Wildman–Crippen MR) is 80.9 cm³/mol. The molecule has 116 valence electrons. The number of nitriles is 1. The quantitative estimate of drug-likeness (QED) is 0.797. The number of ether oxygens (including phenoxy) is 2. The van der Waals surface area contributed by atoms with Crippen molar-refractivity contribution < 1.29 is 14.3 Å². The average molecular weight is 300 g/mol. The Labute approximate surface area is 130 Å². The van der Waals surface area contributed by atoms with E-state index in [9.17, 15) is 4.79 Å². The van der Waals surface area contributed by atoms with Gasteiger partial charge in [-0.1, -0.05) is 0 Å². The molecule has 2 heterocycles. The van der Waals surface area contributed by atoms with Gasteiger partial charge in [-0.2, -0.15) is 5.26 Å². The second-order valence-corrected chi connectivity index (χ2v) is 6.07. The summed E-state index contributed by atoms with van der Waals surface area (Å²) in [6.07, 6.45) is 1.64. The van der Waals surface area contributed by atoms with Crippen molar-refractivity contribution in [3.63, 3.8) is 0 Å². The fourth-order valence-electron chi connectivity index (χ4n) is 3.49. The van der Waals surface area contributed by atoms with Crippen molar-refractivity contribution in [2.75, 3.05) is 27.4 Å². The molecule has 0 aliphatic carbocycles. The molecule has 1 aromatic rings. The highest BCUT2D eigenvalue weighted by molar-refractivity contribution is 5.98. The van der Waals surface area contributed by atoms with Crippen molar-refractivity contribution in [3.8, 4) is 11.8 Å². The van der Waals surface area contributed by atoms with Crippen molar-refractivity contribution in [1.29, 1.82) is 5.26 Å². The summed E-state index contributed by atoms with van der Waals surface area (Å²) in [6, 6.07) is 7.82. The number of nitrogens with zero attached hydrogens (tertiary/aromatic N) is 2. The number of piperidine rings is 1. The van der Waals surface area contributed by atoms with Crippen LogP contribution in [0.15, 0.2) is 18.2 Å². The van der Waals surface area contributed by atoms with Crippen LogP contribution >= 0.6 is 0 Å². The summed E-state index contributed by atoms with van der Waals surface area (Å²) in [5, 5.41) is 9.17. The maximum absolute atomic E-state index is 12.8. The molecule has 0 aromatic heterocycles. The lowest BCUT2D eigenvalue weighted by Gasteiger charge is -2.46. The minimum Gasteiger partial charge on any atom is -0.495 e. The third-order valence-electron chi connectivity index (χ3n) is 4.86. The molecule has 2 aliphatic heterocycles. The molecule has 2 atom stereocenters. The van der Waals surface area contributed by atoms with Crippen LogP contribution in [0.5, 0.6) is 5.75 Å². The van der Waals surface area contributed by atoms with E-state index in [-0.39, 0.29) is 11.7 Å². The summed E-state index contributed by atoms with van der Waals surface area (Å²) >= 11 is 0. The molecular formula is C17H20N2O3. The van der Waals surface area contributed by atoms with E-state index >= 15 is 0 Å². The van der Waals surface area contributed by atoms with E-state index in [1.807, 2.05) is 0 Å². The smallest absolute Gasteiger partial charge is 0.166 e. The second kappa shape index (κ2) is 6.07. The Morgan fingerprint density at radius 1 is 1.36 bits per heavy atom. The number of hydrogen-bond acceptors (Lipinski definition) is 5. The van der Waals surface area contributed by atoms with E-state index < -0.39 is 0 Å². The predicted octanol–water partition coefficient (Wildman–Crippen LogP) is 1.86. The monoisotopic (exact) mass is 300 g/mol. The van der Waals surface area contributed by atoms with E-state index in [1.54, 1.807) is 18.2 Å². The van der Waals surface area contributed by atoms with Gasteiger partial charge >= 0.3 is 0 Å². The standard InChI is InChI=1S/C17H20N2O3/c1-19-14-6-12(7-15(19)10-22-9-14)17(20)11-3-4-16(21-2)13(5-11)8-18/h3-5,12,14-15H,6-7,9-10H2,1-2H3. The minimum atomic E-state index is 0.00929. The van der Waals surface area contributed by atoms with Crippen LogP contribution in [0.1, 0.15) is 28.8 Å². The van der Waals surface area contributed by atoms with Crippen molar-refractivity contribution in [2.45, 2.75) is 24.9 Å². The molecule has 2 fully saturated rings. The second-order valence-electron chi connectivity index (χ2n) is 6.07. The van der Waals surface area contributed by atoms with Gasteiger partial charge in [0, 0.05) is 23.6 Å². The third kappa shape index (κ3) is 2.60. The summed E-state index contributed by atoms with van der Waals surface area (Å²) < 4.78 is 10.7. The Morgan fingerprint density at radius 3 is 2.64 bits per heavy atom. The largest absolute Gasteiger partial charge is 0.495 e. The molecule has 2 saturated heterocycles. The molecule has 3 rings (SSSR count). The van der Waals surface area contributed by atoms with E-state index in [0.717, 1.165) is 12.8 Å². The molecule has 0 amide bonds. The number of fused-ring (bicyclic) bond motifs is 2. The summed E-state index contributed by atoms with van der Waals surface area (Å²) in [5.74, 6) is 0.645. The molecule has 2 bridgehead atoms. The SMILES string of the molecule is COc1ccc(C(=O)C2CC3COCC(C2)N3C)cc1C#N. The van der Waals surface area contributed by atoms with E-state index in [2.05, 4.69) is 18.0 Å². The van der Waals surface area contributed by atoms with Crippen LogP contribution in [0.2, 0.25) is 0 Å². The van der Waals surface area contributed by atoms with E-state index in [1.165, 1.54) is 7.11 Å². The Hall–Kier alpha value is -1.90. The number of Topliss-reactive ketones (excluding diaryl/α,β-unsaturated/α-hetero) is 1. The zero-order valence-corrected chi connectivity index (χ0v) is 12.9. The summed E-state index contributed by atoms with van der Waals surface area (Å²) in [5.41, 5.74) is 1.01. The highest BCUT2D eigenvalue weighted by atomic mass is 16.5. The lowest BCUT2D eigenvalue weighted by molar-refractivity contribution is -0.0702. The van der Waals surface area contributed by atoms with Crippen molar-refractivity contribution >= 4 is 5.78 Å². The van der Waals surface area contributed by atoms with Crippen molar-refractivity contribution in [2.24, 2.45) is 5.92 Å². The van der Waals surface area contributed by atoms with Crippen LogP contribution in [0.25, 0.3) is 0 Å². The van der Waals surface area contributed by atoms with Crippen LogP contribution in [0, 0.1) is 17.2 Å². The Balaban J connectivity index is 1.81. The molecule has 5 nitrogen and oxygen atoms in total. The fraction of sp³-hybridized carbons (Fsp3) is 0.529. The third-order valence-corrected chi connectivity index (χ3v) is 4.86. The number of carbonyl (C=O) groups is 1. The topological polar surface area (TPSA) is 62.6 Å². The Morgan fingerprint density at radius 2 is 2.05 bits per heavy atom. The van der Waals surface area contributed by atoms with Gasteiger partial charge in [0.15, 0.2) is 5.78 Å². The number of carbonyl (C=O) groups excluding carboxylic acids is 1. The van der Waals surface area contributed by atoms with Gasteiger partial charge in [0.05, 0.1) is 25.9 Å². The van der Waals surface area contributed by atoms with Crippen molar-refractivity contribution in [1.82, 2.24) is 4.90 Å². The van der Waals surface area contributed by atoms with Gasteiger partial charge < -0.3 is 9.47 Å². The lowest BCUT2D eigenvalue weighted by atomic mass is 9.81. The maximum Gasteiger partial charge on any atom is 0.166 e. The highest BCUT2D eigenvalue weighted by Crippen LogP contribution is 2.33. The number of rotatable bonds is 3. The molecule has 22 heavy (non-hydrogen) atoms. The van der Waals surface area contributed by atoms with Crippen LogP contribution in [-0.4, -0.2) is 50.1 Å². The first-order valence-corrected chi connectivity index (χ1v) is 7.56.